The van der Waals surface area contributed by atoms with Crippen molar-refractivity contribution in [3.8, 4) is 0 Å². The van der Waals surface area contributed by atoms with Crippen molar-refractivity contribution >= 4 is 29.2 Å². The molecule has 138 valence electrons. The molecule has 0 atom stereocenters. The smallest absolute Gasteiger partial charge is 0.418 e. The Morgan fingerprint density at radius 1 is 1.23 bits per heavy atom. The number of ether oxygens (including phenoxy) is 1. The number of nitrogens with one attached hydrogen (secondary N) is 1. The molecular formula is C17H14ClF3N2O3. The molecular weight excluding hydrogens is 373 g/mol. The molecule has 9 heteroatoms. The maximum atomic E-state index is 13.0. The number of alkyl halides is 3. The van der Waals surface area contributed by atoms with Crippen molar-refractivity contribution in [2.45, 2.75) is 19.5 Å². The number of nitrogens with zero attached hydrogens (tertiary/aromatic N) is 1. The highest BCUT2D eigenvalue weighted by Gasteiger charge is 2.34. The van der Waals surface area contributed by atoms with Gasteiger partial charge in [0.05, 0.1) is 22.7 Å². The number of halogens is 4. The molecule has 0 saturated heterocycles. The van der Waals surface area contributed by atoms with E-state index in [1.165, 1.54) is 12.3 Å². The average Bonchev–Trinajstić information content (AvgIpc) is 2.56. The van der Waals surface area contributed by atoms with Crippen LogP contribution in [0, 0.1) is 6.92 Å². The van der Waals surface area contributed by atoms with E-state index < -0.39 is 35.9 Å². The number of carbonyl (C=O) groups is 2. The van der Waals surface area contributed by atoms with Crippen LogP contribution in [0.5, 0.6) is 0 Å². The first kappa shape index (κ1) is 19.7. The Labute approximate surface area is 152 Å². The van der Waals surface area contributed by atoms with E-state index in [0.29, 0.717) is 5.56 Å². The Hall–Kier alpha value is -2.61. The first-order valence-corrected chi connectivity index (χ1v) is 7.77. The van der Waals surface area contributed by atoms with Gasteiger partial charge in [0, 0.05) is 11.9 Å². The van der Waals surface area contributed by atoms with Gasteiger partial charge in [-0.3, -0.25) is 14.6 Å². The van der Waals surface area contributed by atoms with Gasteiger partial charge in [-0.15, -0.1) is 0 Å². The molecule has 1 N–H and O–H groups in total. The Balaban J connectivity index is 1.95. The molecule has 0 bridgehead atoms. The summed E-state index contributed by atoms with van der Waals surface area (Å²) in [5.74, 6) is -1.64. The Bertz CT molecular complexity index is 808. The molecule has 2 rings (SSSR count). The number of anilines is 1. The van der Waals surface area contributed by atoms with E-state index in [1.807, 2.05) is 5.32 Å². The van der Waals surface area contributed by atoms with Crippen molar-refractivity contribution in [1.29, 1.82) is 0 Å². The lowest BCUT2D eigenvalue weighted by Crippen LogP contribution is -2.23. The minimum atomic E-state index is -4.69. The highest BCUT2D eigenvalue weighted by Crippen LogP contribution is 2.38. The summed E-state index contributed by atoms with van der Waals surface area (Å²) in [6, 6.07) is 6.52. The second kappa shape index (κ2) is 8.18. The number of carbonyl (C=O) groups excluding carboxylic acids is 2. The van der Waals surface area contributed by atoms with Gasteiger partial charge in [0.15, 0.2) is 6.61 Å². The third kappa shape index (κ3) is 5.45. The van der Waals surface area contributed by atoms with Crippen molar-refractivity contribution in [3.05, 3.63) is 58.4 Å². The number of esters is 1. The van der Waals surface area contributed by atoms with Gasteiger partial charge in [-0.2, -0.15) is 13.2 Å². The second-order valence-electron chi connectivity index (χ2n) is 5.35. The number of aryl methyl sites for hydroxylation is 1. The van der Waals surface area contributed by atoms with Crippen molar-refractivity contribution in [1.82, 2.24) is 4.98 Å². The van der Waals surface area contributed by atoms with Crippen LogP contribution in [0.15, 0.2) is 36.5 Å². The van der Waals surface area contributed by atoms with E-state index in [-0.39, 0.29) is 11.4 Å². The van der Waals surface area contributed by atoms with Gasteiger partial charge in [-0.1, -0.05) is 23.7 Å². The molecule has 0 fully saturated rings. The molecule has 0 radical (unpaired) electrons. The molecule has 1 aromatic heterocycles. The number of para-hydroxylation sites is 1. The summed E-state index contributed by atoms with van der Waals surface area (Å²) in [4.78, 5) is 27.5. The minimum Gasteiger partial charge on any atom is -0.455 e. The quantitative estimate of drug-likeness (QED) is 0.794. The van der Waals surface area contributed by atoms with Crippen LogP contribution in [-0.4, -0.2) is 23.5 Å². The lowest BCUT2D eigenvalue weighted by molar-refractivity contribution is -0.146. The molecule has 0 aliphatic carbocycles. The van der Waals surface area contributed by atoms with Gasteiger partial charge < -0.3 is 10.1 Å². The van der Waals surface area contributed by atoms with Crippen LogP contribution in [0.25, 0.3) is 0 Å². The van der Waals surface area contributed by atoms with Crippen LogP contribution in [0.2, 0.25) is 5.02 Å². The van der Waals surface area contributed by atoms with E-state index in [4.69, 9.17) is 16.3 Å². The van der Waals surface area contributed by atoms with Crippen molar-refractivity contribution in [2.24, 2.45) is 0 Å². The first-order valence-electron chi connectivity index (χ1n) is 7.39. The summed E-state index contributed by atoms with van der Waals surface area (Å²) in [5.41, 5.74) is -0.297. The average molecular weight is 387 g/mol. The minimum absolute atomic E-state index is 0.111. The Morgan fingerprint density at radius 3 is 2.58 bits per heavy atom. The van der Waals surface area contributed by atoms with Gasteiger partial charge in [0.25, 0.3) is 5.91 Å². The van der Waals surface area contributed by atoms with Crippen LogP contribution < -0.4 is 5.32 Å². The maximum Gasteiger partial charge on any atom is 0.418 e. The molecule has 1 heterocycles. The van der Waals surface area contributed by atoms with Crippen LogP contribution in [0.4, 0.5) is 18.9 Å². The second-order valence-corrected chi connectivity index (χ2v) is 5.76. The number of amides is 1. The van der Waals surface area contributed by atoms with E-state index in [0.717, 1.165) is 17.8 Å². The first-order chi connectivity index (χ1) is 12.2. The molecule has 2 aromatic rings. The highest BCUT2D eigenvalue weighted by atomic mass is 35.5. The van der Waals surface area contributed by atoms with Crippen molar-refractivity contribution < 1.29 is 27.5 Å². The van der Waals surface area contributed by atoms with Gasteiger partial charge in [-0.25, -0.2) is 0 Å². The lowest BCUT2D eigenvalue weighted by atomic mass is 10.1. The highest BCUT2D eigenvalue weighted by molar-refractivity contribution is 6.34. The zero-order valence-electron chi connectivity index (χ0n) is 13.6. The van der Waals surface area contributed by atoms with E-state index in [1.54, 1.807) is 19.1 Å². The fourth-order valence-corrected chi connectivity index (χ4v) is 2.25. The summed E-state index contributed by atoms with van der Waals surface area (Å²) in [5, 5.41) is 1.76. The molecule has 0 unspecified atom stereocenters. The fourth-order valence-electron chi connectivity index (χ4n) is 2.03. The van der Waals surface area contributed by atoms with Crippen molar-refractivity contribution in [3.63, 3.8) is 0 Å². The molecule has 0 spiro atoms. The molecule has 26 heavy (non-hydrogen) atoms. The predicted molar refractivity (Wildman–Crippen MR) is 88.7 cm³/mol. The Kier molecular flexibility index (Phi) is 6.20. The Morgan fingerprint density at radius 2 is 1.96 bits per heavy atom. The SMILES string of the molecule is Cc1ccc(CC(=O)OCC(=O)Nc2c(Cl)cccc2C(F)(F)F)cn1. The standard InChI is InChI=1S/C17H14ClF3N2O3/c1-10-5-6-11(8-22-10)7-15(25)26-9-14(24)23-16-12(17(19,20)21)3-2-4-13(16)18/h2-6,8H,7,9H2,1H3,(H,23,24). The fraction of sp³-hybridized carbons (Fsp3) is 0.235. The molecule has 0 aliphatic heterocycles. The normalized spacial score (nSPS) is 11.1. The van der Waals surface area contributed by atoms with Gasteiger partial charge in [0.1, 0.15) is 0 Å². The molecule has 0 saturated carbocycles. The summed E-state index contributed by atoms with van der Waals surface area (Å²) < 4.78 is 43.7. The maximum absolute atomic E-state index is 13.0. The summed E-state index contributed by atoms with van der Waals surface area (Å²) >= 11 is 5.73. The molecule has 5 nitrogen and oxygen atoms in total. The number of hydrogen-bond donors (Lipinski definition) is 1. The third-order valence-electron chi connectivity index (χ3n) is 3.27. The van der Waals surface area contributed by atoms with Crippen molar-refractivity contribution in [2.75, 3.05) is 11.9 Å². The van der Waals surface area contributed by atoms with Gasteiger partial charge in [0.2, 0.25) is 0 Å². The van der Waals surface area contributed by atoms with Gasteiger partial charge >= 0.3 is 12.1 Å². The third-order valence-corrected chi connectivity index (χ3v) is 3.58. The van der Waals surface area contributed by atoms with Crippen LogP contribution in [0.3, 0.4) is 0 Å². The molecule has 0 aliphatic rings. The van der Waals surface area contributed by atoms with Crippen LogP contribution in [0.1, 0.15) is 16.8 Å². The van der Waals surface area contributed by atoms with Crippen LogP contribution in [-0.2, 0) is 26.9 Å². The number of benzene rings is 1. The zero-order valence-corrected chi connectivity index (χ0v) is 14.3. The van der Waals surface area contributed by atoms with Gasteiger partial charge in [-0.05, 0) is 30.7 Å². The van der Waals surface area contributed by atoms with E-state index >= 15 is 0 Å². The summed E-state index contributed by atoms with van der Waals surface area (Å²) in [7, 11) is 0. The number of aromatic nitrogens is 1. The van der Waals surface area contributed by atoms with E-state index in [2.05, 4.69) is 4.98 Å². The monoisotopic (exact) mass is 386 g/mol. The number of rotatable bonds is 5. The largest absolute Gasteiger partial charge is 0.455 e. The van der Waals surface area contributed by atoms with Crippen LogP contribution >= 0.6 is 11.6 Å². The topological polar surface area (TPSA) is 68.3 Å². The molecule has 1 aromatic carbocycles. The van der Waals surface area contributed by atoms with E-state index in [9.17, 15) is 22.8 Å². The molecule has 1 amide bonds. The summed E-state index contributed by atoms with van der Waals surface area (Å²) in [6.07, 6.45) is -3.31. The number of pyridine rings is 1. The number of hydrogen-bond acceptors (Lipinski definition) is 4. The zero-order chi connectivity index (χ0) is 19.3. The lowest BCUT2D eigenvalue weighted by Gasteiger charge is -2.15. The summed E-state index contributed by atoms with van der Waals surface area (Å²) in [6.45, 7) is 1.05. The predicted octanol–water partition coefficient (Wildman–Crippen LogP) is 3.79.